The number of hydrogen-bond donors (Lipinski definition) is 1. The van der Waals surface area contributed by atoms with Crippen molar-refractivity contribution in [1.29, 1.82) is 0 Å². The lowest BCUT2D eigenvalue weighted by molar-refractivity contribution is 0.405. The van der Waals surface area contributed by atoms with E-state index < -0.39 is 0 Å². The Balaban J connectivity index is 2.24. The van der Waals surface area contributed by atoms with Gasteiger partial charge in [-0.15, -0.1) is 0 Å². The van der Waals surface area contributed by atoms with E-state index in [4.69, 9.17) is 16.3 Å². The maximum absolute atomic E-state index is 6.13. The van der Waals surface area contributed by atoms with E-state index in [9.17, 15) is 0 Å². The number of rotatable bonds is 7. The lowest BCUT2D eigenvalue weighted by atomic mass is 9.98. The fourth-order valence-electron chi connectivity index (χ4n) is 2.44. The maximum Gasteiger partial charge on any atom is 0.122 e. The minimum absolute atomic E-state index is 0.263. The number of benzene rings is 2. The van der Waals surface area contributed by atoms with Crippen molar-refractivity contribution in [3.63, 3.8) is 0 Å². The number of ether oxygens (including phenoxy) is 1. The van der Waals surface area contributed by atoms with Crippen LogP contribution in [0.2, 0.25) is 5.02 Å². The van der Waals surface area contributed by atoms with Crippen LogP contribution in [0, 0.1) is 0 Å². The van der Waals surface area contributed by atoms with Crippen molar-refractivity contribution in [2.24, 2.45) is 0 Å². The molecule has 1 unspecified atom stereocenters. The molecule has 1 atom stereocenters. The summed E-state index contributed by atoms with van der Waals surface area (Å²) in [5.74, 6) is 0.888. The molecule has 2 nitrogen and oxygen atoms in total. The summed E-state index contributed by atoms with van der Waals surface area (Å²) in [5.41, 5.74) is 2.41. The Kier molecular flexibility index (Phi) is 6.09. The highest BCUT2D eigenvalue weighted by Crippen LogP contribution is 2.27. The van der Waals surface area contributed by atoms with E-state index in [1.54, 1.807) is 7.11 Å². The van der Waals surface area contributed by atoms with Crippen LogP contribution in [0.4, 0.5) is 0 Å². The second-order valence-electron chi connectivity index (χ2n) is 5.08. The monoisotopic (exact) mass is 303 g/mol. The van der Waals surface area contributed by atoms with Crippen LogP contribution in [0.5, 0.6) is 5.75 Å². The molecule has 3 heteroatoms. The van der Waals surface area contributed by atoms with Crippen LogP contribution in [-0.2, 0) is 6.42 Å². The zero-order valence-electron chi connectivity index (χ0n) is 12.6. The van der Waals surface area contributed by atoms with Crippen LogP contribution in [0.15, 0.2) is 48.5 Å². The number of methoxy groups -OCH3 is 1. The van der Waals surface area contributed by atoms with E-state index in [0.29, 0.717) is 0 Å². The highest BCUT2D eigenvalue weighted by Gasteiger charge is 2.14. The minimum Gasteiger partial charge on any atom is -0.496 e. The van der Waals surface area contributed by atoms with Gasteiger partial charge < -0.3 is 10.1 Å². The second kappa shape index (κ2) is 8.06. The smallest absolute Gasteiger partial charge is 0.122 e. The third-order valence-electron chi connectivity index (χ3n) is 3.51. The van der Waals surface area contributed by atoms with Crippen LogP contribution < -0.4 is 10.1 Å². The highest BCUT2D eigenvalue weighted by atomic mass is 35.5. The Labute approximate surface area is 132 Å². The first-order valence-corrected chi connectivity index (χ1v) is 7.73. The first-order chi connectivity index (χ1) is 10.2. The molecule has 1 N–H and O–H groups in total. The van der Waals surface area contributed by atoms with Crippen LogP contribution in [0.25, 0.3) is 0 Å². The first-order valence-electron chi connectivity index (χ1n) is 7.35. The van der Waals surface area contributed by atoms with Crippen LogP contribution >= 0.6 is 11.6 Å². The predicted octanol–water partition coefficient (Wildman–Crippen LogP) is 4.63. The van der Waals surface area contributed by atoms with E-state index in [1.165, 1.54) is 5.56 Å². The molecule has 0 aliphatic rings. The van der Waals surface area contributed by atoms with Gasteiger partial charge in [-0.2, -0.15) is 0 Å². The molecule has 2 aromatic carbocycles. The van der Waals surface area contributed by atoms with Crippen molar-refractivity contribution in [2.75, 3.05) is 13.7 Å². The van der Waals surface area contributed by atoms with Crippen molar-refractivity contribution >= 4 is 11.6 Å². The van der Waals surface area contributed by atoms with E-state index in [0.717, 1.165) is 35.7 Å². The van der Waals surface area contributed by atoms with Gasteiger partial charge in [-0.05, 0) is 48.7 Å². The molecule has 0 bridgehead atoms. The zero-order chi connectivity index (χ0) is 15.1. The summed E-state index contributed by atoms with van der Waals surface area (Å²) in [4.78, 5) is 0. The van der Waals surface area contributed by atoms with Crippen LogP contribution in [-0.4, -0.2) is 13.7 Å². The third-order valence-corrected chi connectivity index (χ3v) is 3.74. The molecule has 0 spiro atoms. The largest absolute Gasteiger partial charge is 0.496 e. The van der Waals surface area contributed by atoms with Crippen LogP contribution in [0.3, 0.4) is 0 Å². The molecule has 0 aliphatic heterocycles. The summed E-state index contributed by atoms with van der Waals surface area (Å²) in [6.07, 6.45) is 1.96. The zero-order valence-corrected chi connectivity index (χ0v) is 13.4. The van der Waals surface area contributed by atoms with Crippen molar-refractivity contribution < 1.29 is 4.74 Å². The van der Waals surface area contributed by atoms with Crippen LogP contribution in [0.1, 0.15) is 30.5 Å². The lowest BCUT2D eigenvalue weighted by Gasteiger charge is -2.20. The summed E-state index contributed by atoms with van der Waals surface area (Å²) in [5, 5.41) is 4.35. The Morgan fingerprint density at radius 2 is 1.90 bits per heavy atom. The summed E-state index contributed by atoms with van der Waals surface area (Å²) >= 11 is 6.13. The Hall–Kier alpha value is -1.51. The van der Waals surface area contributed by atoms with Gasteiger partial charge in [0.1, 0.15) is 5.75 Å². The van der Waals surface area contributed by atoms with Crippen molar-refractivity contribution in [2.45, 2.75) is 25.8 Å². The van der Waals surface area contributed by atoms with Gasteiger partial charge >= 0.3 is 0 Å². The molecule has 0 saturated carbocycles. The van der Waals surface area contributed by atoms with E-state index in [2.05, 4.69) is 36.5 Å². The Morgan fingerprint density at radius 3 is 2.57 bits per heavy atom. The number of hydrogen-bond acceptors (Lipinski definition) is 2. The molecular formula is C18H22ClNO. The normalized spacial score (nSPS) is 12.1. The SMILES string of the molecule is CCCNC(Cc1cc(Cl)ccc1OC)c1ccccc1. The molecule has 0 heterocycles. The molecule has 2 aromatic rings. The minimum atomic E-state index is 0.263. The molecule has 2 rings (SSSR count). The fourth-order valence-corrected chi connectivity index (χ4v) is 2.63. The molecule has 0 aliphatic carbocycles. The quantitative estimate of drug-likeness (QED) is 0.805. The van der Waals surface area contributed by atoms with E-state index >= 15 is 0 Å². The average molecular weight is 304 g/mol. The molecule has 0 saturated heterocycles. The summed E-state index contributed by atoms with van der Waals surface area (Å²) in [6, 6.07) is 16.5. The summed E-state index contributed by atoms with van der Waals surface area (Å²) < 4.78 is 5.46. The maximum atomic E-state index is 6.13. The Morgan fingerprint density at radius 1 is 1.14 bits per heavy atom. The molecule has 112 valence electrons. The molecule has 0 amide bonds. The van der Waals surface area contributed by atoms with Crippen molar-refractivity contribution in [1.82, 2.24) is 5.32 Å². The van der Waals surface area contributed by atoms with Gasteiger partial charge in [0.15, 0.2) is 0 Å². The molecule has 21 heavy (non-hydrogen) atoms. The summed E-state index contributed by atoms with van der Waals surface area (Å²) in [7, 11) is 1.70. The highest BCUT2D eigenvalue weighted by molar-refractivity contribution is 6.30. The summed E-state index contributed by atoms with van der Waals surface area (Å²) in [6.45, 7) is 3.16. The van der Waals surface area contributed by atoms with Gasteiger partial charge in [0, 0.05) is 11.1 Å². The predicted molar refractivity (Wildman–Crippen MR) is 89.2 cm³/mol. The van der Waals surface area contributed by atoms with Gasteiger partial charge in [-0.3, -0.25) is 0 Å². The Bertz CT molecular complexity index is 556. The first kappa shape index (κ1) is 15.9. The van der Waals surface area contributed by atoms with Gasteiger partial charge in [0.05, 0.1) is 7.11 Å². The van der Waals surface area contributed by atoms with Crippen molar-refractivity contribution in [3.05, 3.63) is 64.7 Å². The third kappa shape index (κ3) is 4.48. The molecule has 0 fully saturated rings. The van der Waals surface area contributed by atoms with Gasteiger partial charge in [-0.25, -0.2) is 0 Å². The van der Waals surface area contributed by atoms with E-state index in [-0.39, 0.29) is 6.04 Å². The number of nitrogens with one attached hydrogen (secondary N) is 1. The fraction of sp³-hybridized carbons (Fsp3) is 0.333. The van der Waals surface area contributed by atoms with Gasteiger partial charge in [0.2, 0.25) is 0 Å². The topological polar surface area (TPSA) is 21.3 Å². The van der Waals surface area contributed by atoms with Gasteiger partial charge in [0.25, 0.3) is 0 Å². The molecule has 0 aromatic heterocycles. The average Bonchev–Trinajstić information content (AvgIpc) is 2.52. The molecule has 0 radical (unpaired) electrons. The standard InChI is InChI=1S/C18H22ClNO/c1-3-11-20-17(14-7-5-4-6-8-14)13-15-12-16(19)9-10-18(15)21-2/h4-10,12,17,20H,3,11,13H2,1-2H3. The van der Waals surface area contributed by atoms with E-state index in [1.807, 2.05) is 24.3 Å². The van der Waals surface area contributed by atoms with Crippen molar-refractivity contribution in [3.8, 4) is 5.75 Å². The number of halogens is 1. The lowest BCUT2D eigenvalue weighted by Crippen LogP contribution is -2.24. The second-order valence-corrected chi connectivity index (χ2v) is 5.51. The molecular weight excluding hydrogens is 282 g/mol. The van der Waals surface area contributed by atoms with Gasteiger partial charge in [-0.1, -0.05) is 48.9 Å².